The number of anilines is 2. The number of nitrogens with two attached hydrogens (primary N) is 1. The zero-order valence-corrected chi connectivity index (χ0v) is 11.0. The molecule has 1 aromatic heterocycles. The lowest BCUT2D eigenvalue weighted by molar-refractivity contribution is 0.758. The average Bonchev–Trinajstić information content (AvgIpc) is 3.02. The topological polar surface area (TPSA) is 50.9 Å². The number of hydrogen-bond acceptors (Lipinski definition) is 4. The first-order chi connectivity index (χ1) is 8.84. The molecule has 0 amide bonds. The third-order valence-electron chi connectivity index (χ3n) is 3.47. The van der Waals surface area contributed by atoms with Gasteiger partial charge in [-0.2, -0.15) is 4.37 Å². The Morgan fingerprint density at radius 1 is 1.17 bits per heavy atom. The molecule has 94 valence electrons. The Labute approximate surface area is 111 Å². The summed E-state index contributed by atoms with van der Waals surface area (Å²) in [5.41, 5.74) is 8.21. The number of nitrogen functional groups attached to an aromatic ring is 1. The van der Waals surface area contributed by atoms with E-state index in [0.717, 1.165) is 16.1 Å². The van der Waals surface area contributed by atoms with Crippen LogP contribution >= 0.6 is 11.5 Å². The number of nitrogens with zero attached hydrogens (tertiary/aromatic N) is 1. The molecular weight excluding hydrogens is 242 g/mol. The summed E-state index contributed by atoms with van der Waals surface area (Å²) in [5.74, 6) is 0.631. The molecule has 1 heterocycles. The van der Waals surface area contributed by atoms with Crippen molar-refractivity contribution in [2.24, 2.45) is 0 Å². The molecule has 18 heavy (non-hydrogen) atoms. The molecule has 3 nitrogen and oxygen atoms in total. The number of hydrogen-bond donors (Lipinski definition) is 2. The van der Waals surface area contributed by atoms with Gasteiger partial charge in [-0.05, 0) is 29.9 Å². The Balaban J connectivity index is 1.91. The molecule has 2 aromatic rings. The maximum absolute atomic E-state index is 6.01. The Bertz CT molecular complexity index is 515. The molecule has 1 aromatic carbocycles. The molecule has 1 aliphatic rings. The Kier molecular flexibility index (Phi) is 3.19. The fraction of sp³-hybridized carbons (Fsp3) is 0.357. The van der Waals surface area contributed by atoms with Gasteiger partial charge in [-0.1, -0.05) is 43.2 Å². The molecule has 0 bridgehead atoms. The van der Waals surface area contributed by atoms with Crippen molar-refractivity contribution in [2.45, 2.75) is 31.7 Å². The van der Waals surface area contributed by atoms with Crippen molar-refractivity contribution in [1.29, 1.82) is 0 Å². The van der Waals surface area contributed by atoms with Gasteiger partial charge in [-0.15, -0.1) is 0 Å². The predicted octanol–water partition coefficient (Wildman–Crippen LogP) is 3.75. The fourth-order valence-electron chi connectivity index (χ4n) is 2.54. The SMILES string of the molecule is Nc1nsc(NC2CCCC2)c1-c1ccccc1. The van der Waals surface area contributed by atoms with Gasteiger partial charge in [0.2, 0.25) is 0 Å². The minimum absolute atomic E-state index is 0.590. The molecule has 3 N–H and O–H groups in total. The standard InChI is InChI=1S/C14H17N3S/c15-13-12(10-6-2-1-3-7-10)14(18-17-13)16-11-8-4-5-9-11/h1-3,6-7,11,16H,4-5,8-9H2,(H2,15,17). The van der Waals surface area contributed by atoms with Gasteiger partial charge < -0.3 is 11.1 Å². The third kappa shape index (κ3) is 2.20. The molecule has 0 spiro atoms. The van der Waals surface area contributed by atoms with Crippen LogP contribution in [0, 0.1) is 0 Å². The highest BCUT2D eigenvalue weighted by Crippen LogP contribution is 2.38. The molecule has 0 atom stereocenters. The summed E-state index contributed by atoms with van der Waals surface area (Å²) in [5, 5.41) is 4.72. The highest BCUT2D eigenvalue weighted by molar-refractivity contribution is 7.11. The molecule has 1 aliphatic carbocycles. The maximum Gasteiger partial charge on any atom is 0.147 e. The number of benzene rings is 1. The van der Waals surface area contributed by atoms with E-state index in [2.05, 4.69) is 21.8 Å². The third-order valence-corrected chi connectivity index (χ3v) is 4.26. The van der Waals surface area contributed by atoms with Crippen molar-refractivity contribution in [1.82, 2.24) is 4.37 Å². The number of aromatic nitrogens is 1. The van der Waals surface area contributed by atoms with Crippen molar-refractivity contribution in [3.8, 4) is 11.1 Å². The summed E-state index contributed by atoms with van der Waals surface area (Å²) in [6.45, 7) is 0. The maximum atomic E-state index is 6.01. The Morgan fingerprint density at radius 2 is 1.89 bits per heavy atom. The molecule has 4 heteroatoms. The molecule has 0 saturated heterocycles. The largest absolute Gasteiger partial charge is 0.382 e. The van der Waals surface area contributed by atoms with E-state index >= 15 is 0 Å². The van der Waals surface area contributed by atoms with Crippen LogP contribution in [0.4, 0.5) is 10.8 Å². The van der Waals surface area contributed by atoms with Crippen molar-refractivity contribution in [3.05, 3.63) is 30.3 Å². The molecule has 1 saturated carbocycles. The van der Waals surface area contributed by atoms with Crippen LogP contribution < -0.4 is 11.1 Å². The summed E-state index contributed by atoms with van der Waals surface area (Å²) in [7, 11) is 0. The first-order valence-electron chi connectivity index (χ1n) is 6.41. The van der Waals surface area contributed by atoms with E-state index in [4.69, 9.17) is 5.73 Å². The zero-order valence-electron chi connectivity index (χ0n) is 10.2. The monoisotopic (exact) mass is 259 g/mol. The number of nitrogens with one attached hydrogen (secondary N) is 1. The van der Waals surface area contributed by atoms with Gasteiger partial charge in [-0.3, -0.25) is 0 Å². The summed E-state index contributed by atoms with van der Waals surface area (Å²) in [4.78, 5) is 0. The minimum atomic E-state index is 0.590. The molecule has 3 rings (SSSR count). The van der Waals surface area contributed by atoms with Crippen molar-refractivity contribution >= 4 is 22.4 Å². The Hall–Kier alpha value is -1.55. The van der Waals surface area contributed by atoms with Gasteiger partial charge in [0.05, 0.1) is 5.56 Å². The van der Waals surface area contributed by atoms with Crippen LogP contribution in [0.2, 0.25) is 0 Å². The molecule has 1 fully saturated rings. The van der Waals surface area contributed by atoms with E-state index in [1.807, 2.05) is 18.2 Å². The van der Waals surface area contributed by atoms with E-state index in [1.54, 1.807) is 0 Å². The number of rotatable bonds is 3. The van der Waals surface area contributed by atoms with Crippen LogP contribution in [0.25, 0.3) is 11.1 Å². The average molecular weight is 259 g/mol. The lowest BCUT2D eigenvalue weighted by Crippen LogP contribution is -2.14. The van der Waals surface area contributed by atoms with E-state index in [9.17, 15) is 0 Å². The van der Waals surface area contributed by atoms with Crippen LogP contribution in [0.5, 0.6) is 0 Å². The lowest BCUT2D eigenvalue weighted by atomic mass is 10.1. The summed E-state index contributed by atoms with van der Waals surface area (Å²) < 4.78 is 4.29. The smallest absolute Gasteiger partial charge is 0.147 e. The summed E-state index contributed by atoms with van der Waals surface area (Å²) >= 11 is 1.47. The highest BCUT2D eigenvalue weighted by Gasteiger charge is 2.19. The fourth-order valence-corrected chi connectivity index (χ4v) is 3.35. The zero-order chi connectivity index (χ0) is 12.4. The van der Waals surface area contributed by atoms with Gasteiger partial charge in [0.1, 0.15) is 10.8 Å². The van der Waals surface area contributed by atoms with Crippen LogP contribution in [-0.4, -0.2) is 10.4 Å². The second-order valence-electron chi connectivity index (χ2n) is 4.76. The lowest BCUT2D eigenvalue weighted by Gasteiger charge is -2.13. The molecule has 0 radical (unpaired) electrons. The Morgan fingerprint density at radius 3 is 2.61 bits per heavy atom. The normalized spacial score (nSPS) is 16.0. The highest BCUT2D eigenvalue weighted by atomic mass is 32.1. The summed E-state index contributed by atoms with van der Waals surface area (Å²) in [6.07, 6.45) is 5.16. The van der Waals surface area contributed by atoms with Crippen LogP contribution in [0.15, 0.2) is 30.3 Å². The predicted molar refractivity (Wildman–Crippen MR) is 77.8 cm³/mol. The van der Waals surface area contributed by atoms with Crippen LogP contribution in [0.3, 0.4) is 0 Å². The van der Waals surface area contributed by atoms with Crippen molar-refractivity contribution in [3.63, 3.8) is 0 Å². The first kappa shape index (κ1) is 11.5. The second-order valence-corrected chi connectivity index (χ2v) is 5.54. The van der Waals surface area contributed by atoms with Crippen LogP contribution in [0.1, 0.15) is 25.7 Å². The van der Waals surface area contributed by atoms with Gasteiger partial charge in [0, 0.05) is 6.04 Å². The molecule has 0 unspecified atom stereocenters. The summed E-state index contributed by atoms with van der Waals surface area (Å²) in [6, 6.07) is 10.8. The quantitative estimate of drug-likeness (QED) is 0.882. The van der Waals surface area contributed by atoms with E-state index in [1.165, 1.54) is 37.2 Å². The second kappa shape index (κ2) is 4.98. The van der Waals surface area contributed by atoms with Crippen LogP contribution in [-0.2, 0) is 0 Å². The first-order valence-corrected chi connectivity index (χ1v) is 7.19. The van der Waals surface area contributed by atoms with Gasteiger partial charge in [0.15, 0.2) is 0 Å². The van der Waals surface area contributed by atoms with Crippen molar-refractivity contribution in [2.75, 3.05) is 11.1 Å². The van der Waals surface area contributed by atoms with Gasteiger partial charge >= 0.3 is 0 Å². The van der Waals surface area contributed by atoms with Gasteiger partial charge in [-0.25, -0.2) is 0 Å². The van der Waals surface area contributed by atoms with E-state index < -0.39 is 0 Å². The minimum Gasteiger partial charge on any atom is -0.382 e. The van der Waals surface area contributed by atoms with E-state index in [0.29, 0.717) is 11.9 Å². The van der Waals surface area contributed by atoms with E-state index in [-0.39, 0.29) is 0 Å². The molecular formula is C14H17N3S. The molecule has 0 aliphatic heterocycles. The van der Waals surface area contributed by atoms with Crippen molar-refractivity contribution < 1.29 is 0 Å². The van der Waals surface area contributed by atoms with Gasteiger partial charge in [0.25, 0.3) is 0 Å².